The fraction of sp³-hybridized carbons (Fsp3) is 0.600. The molecule has 14 heavy (non-hydrogen) atoms. The van der Waals surface area contributed by atoms with E-state index in [0.29, 0.717) is 0 Å². The van der Waals surface area contributed by atoms with E-state index < -0.39 is 30.3 Å². The Kier molecular flexibility index (Phi) is 11.6. The predicted octanol–water partition coefficient (Wildman–Crippen LogP) is -11.1. The zero-order valence-corrected chi connectivity index (χ0v) is 11.8. The van der Waals surface area contributed by atoms with Gasteiger partial charge in [0.1, 0.15) is 12.1 Å². The molecule has 0 aromatic rings. The van der Waals surface area contributed by atoms with E-state index in [2.05, 4.69) is 0 Å². The fourth-order valence-electron chi connectivity index (χ4n) is 0.436. The molecule has 1 unspecified atom stereocenters. The van der Waals surface area contributed by atoms with Gasteiger partial charge in [-0.15, -0.1) is 0 Å². The maximum Gasteiger partial charge on any atom is 1.00 e. The van der Waals surface area contributed by atoms with Crippen molar-refractivity contribution in [2.45, 2.75) is 18.3 Å². The number of aliphatic hydroxyl groups excluding tert-OH is 1. The van der Waals surface area contributed by atoms with Gasteiger partial charge in [-0.2, -0.15) is 0 Å². The Balaban J connectivity index is -0.000000605. The molecule has 0 aromatic carbocycles. The molecule has 0 saturated carbocycles. The average molecular weight is 224 g/mol. The van der Waals surface area contributed by atoms with E-state index >= 15 is 0 Å². The Bertz CT molecular complexity index is 204. The fourth-order valence-corrected chi connectivity index (χ4v) is 0.436. The second kappa shape index (κ2) is 8.03. The predicted molar refractivity (Wildman–Crippen MR) is 27.8 cm³/mol. The van der Waals surface area contributed by atoms with Crippen molar-refractivity contribution in [2.75, 3.05) is 0 Å². The van der Waals surface area contributed by atoms with Crippen molar-refractivity contribution in [3.05, 3.63) is 0 Å². The van der Waals surface area contributed by atoms with Gasteiger partial charge in [0.05, 0.1) is 0 Å². The Morgan fingerprint density at radius 3 is 1.79 bits per heavy atom. The van der Waals surface area contributed by atoms with Crippen LogP contribution in [0.2, 0.25) is 0 Å². The van der Waals surface area contributed by atoms with Crippen molar-refractivity contribution in [3.63, 3.8) is 0 Å². The second-order valence-corrected chi connectivity index (χ2v) is 2.11. The number of hydrogen-bond donors (Lipinski definition) is 3. The Labute approximate surface area is 123 Å². The molecule has 0 aromatic heterocycles. The van der Waals surface area contributed by atoms with E-state index in [1.54, 1.807) is 0 Å². The molecule has 0 radical (unpaired) electrons. The van der Waals surface area contributed by atoms with Crippen molar-refractivity contribution in [2.24, 2.45) is 0 Å². The topological polar surface area (TPSA) is 141 Å². The number of aliphatic hydroxyl groups is 3. The normalized spacial score (nSPS) is 11.9. The number of hydrogen-bond acceptors (Lipinski definition) is 7. The molecular formula is C5H6Na2O7. The number of carbonyl (C=O) groups excluding carboxylic acids is 2. The maximum absolute atomic E-state index is 9.86. The van der Waals surface area contributed by atoms with Gasteiger partial charge in [0.2, 0.25) is 5.79 Å². The van der Waals surface area contributed by atoms with Crippen LogP contribution in [-0.2, 0) is 9.59 Å². The third kappa shape index (κ3) is 6.33. The minimum atomic E-state index is -3.57. The minimum Gasteiger partial charge on any atom is -0.550 e. The summed E-state index contributed by atoms with van der Waals surface area (Å²) in [4.78, 5) is 19.6. The zero-order chi connectivity index (χ0) is 9.94. The van der Waals surface area contributed by atoms with Gasteiger partial charge in [-0.25, -0.2) is 0 Å². The quantitative estimate of drug-likeness (QED) is 0.318. The molecular weight excluding hydrogens is 218 g/mol. The molecule has 1 atom stereocenters. The molecule has 0 bridgehead atoms. The van der Waals surface area contributed by atoms with Crippen LogP contribution in [-0.4, -0.2) is 39.1 Å². The van der Waals surface area contributed by atoms with E-state index in [4.69, 9.17) is 15.3 Å². The summed E-state index contributed by atoms with van der Waals surface area (Å²) in [7, 11) is 0. The van der Waals surface area contributed by atoms with Gasteiger partial charge >= 0.3 is 59.1 Å². The van der Waals surface area contributed by atoms with Crippen LogP contribution in [0.15, 0.2) is 0 Å². The number of carboxylic acids is 2. The molecule has 3 N–H and O–H groups in total. The molecule has 0 rings (SSSR count). The van der Waals surface area contributed by atoms with Crippen LogP contribution in [0.1, 0.15) is 6.42 Å². The van der Waals surface area contributed by atoms with Crippen LogP contribution in [0.4, 0.5) is 0 Å². The first-order valence-corrected chi connectivity index (χ1v) is 2.82. The minimum absolute atomic E-state index is 0. The SMILES string of the molecule is O=C([O-])CC(O)C(O)(O)C(=O)[O-].[Na+].[Na+]. The van der Waals surface area contributed by atoms with E-state index in [1.807, 2.05) is 0 Å². The van der Waals surface area contributed by atoms with Crippen LogP contribution in [0.5, 0.6) is 0 Å². The van der Waals surface area contributed by atoms with Gasteiger partial charge in [-0.05, 0) is 0 Å². The molecule has 0 fully saturated rings. The first kappa shape index (κ1) is 20.3. The van der Waals surface area contributed by atoms with Gasteiger partial charge in [-0.3, -0.25) is 0 Å². The number of aliphatic carboxylic acids is 2. The van der Waals surface area contributed by atoms with Crippen molar-refractivity contribution < 1.29 is 94.2 Å². The number of carboxylic acid groups (broad SMARTS) is 2. The smallest absolute Gasteiger partial charge is 0.550 e. The van der Waals surface area contributed by atoms with E-state index in [-0.39, 0.29) is 59.1 Å². The van der Waals surface area contributed by atoms with E-state index in [0.717, 1.165) is 0 Å². The van der Waals surface area contributed by atoms with E-state index in [1.165, 1.54) is 0 Å². The van der Waals surface area contributed by atoms with Gasteiger partial charge in [0.25, 0.3) is 0 Å². The molecule has 0 spiro atoms. The summed E-state index contributed by atoms with van der Waals surface area (Å²) < 4.78 is 0. The maximum atomic E-state index is 9.86. The standard InChI is InChI=1S/C5H8O7.2Na/c6-2(1-3(7)8)5(11,12)4(9)10;;/h2,6,11-12H,1H2,(H,7,8)(H,9,10);;/q;2*+1/p-2. The summed E-state index contributed by atoms with van der Waals surface area (Å²) in [5.41, 5.74) is 0. The van der Waals surface area contributed by atoms with E-state index in [9.17, 15) is 19.8 Å². The molecule has 0 aliphatic rings. The van der Waals surface area contributed by atoms with Crippen molar-refractivity contribution in [3.8, 4) is 0 Å². The summed E-state index contributed by atoms with van der Waals surface area (Å²) in [6, 6.07) is 0. The summed E-state index contributed by atoms with van der Waals surface area (Å²) in [5.74, 6) is -7.76. The Hall–Kier alpha value is 0.820. The molecule has 0 aliphatic carbocycles. The first-order valence-electron chi connectivity index (χ1n) is 2.82. The van der Waals surface area contributed by atoms with Crippen molar-refractivity contribution in [1.29, 1.82) is 0 Å². The van der Waals surface area contributed by atoms with Crippen LogP contribution in [0.3, 0.4) is 0 Å². The largest absolute Gasteiger partial charge is 1.00 e. The van der Waals surface area contributed by atoms with Gasteiger partial charge in [0, 0.05) is 12.4 Å². The van der Waals surface area contributed by atoms with Crippen LogP contribution < -0.4 is 69.3 Å². The Morgan fingerprint density at radius 1 is 1.21 bits per heavy atom. The Morgan fingerprint density at radius 2 is 1.57 bits per heavy atom. The average Bonchev–Trinajstić information content (AvgIpc) is 1.85. The molecule has 0 amide bonds. The number of carbonyl (C=O) groups is 2. The van der Waals surface area contributed by atoms with Gasteiger partial charge in [0.15, 0.2) is 0 Å². The summed E-state index contributed by atoms with van der Waals surface area (Å²) in [5, 5.41) is 45.1. The monoisotopic (exact) mass is 224 g/mol. The van der Waals surface area contributed by atoms with Crippen molar-refractivity contribution in [1.82, 2.24) is 0 Å². The first-order chi connectivity index (χ1) is 5.28. The van der Waals surface area contributed by atoms with Crippen LogP contribution in [0, 0.1) is 0 Å². The third-order valence-corrected chi connectivity index (χ3v) is 1.13. The summed E-state index contributed by atoms with van der Waals surface area (Å²) in [6.45, 7) is 0. The van der Waals surface area contributed by atoms with Crippen molar-refractivity contribution >= 4 is 11.9 Å². The number of rotatable bonds is 4. The molecule has 0 aliphatic heterocycles. The van der Waals surface area contributed by atoms with Gasteiger partial charge < -0.3 is 35.1 Å². The summed E-state index contributed by atoms with van der Waals surface area (Å²) in [6.07, 6.45) is -3.59. The molecule has 0 heterocycles. The molecule has 70 valence electrons. The zero-order valence-electron chi connectivity index (χ0n) is 7.76. The van der Waals surface area contributed by atoms with Crippen LogP contribution in [0.25, 0.3) is 0 Å². The molecule has 9 heteroatoms. The summed E-state index contributed by atoms with van der Waals surface area (Å²) >= 11 is 0. The second-order valence-electron chi connectivity index (χ2n) is 2.11. The third-order valence-electron chi connectivity index (χ3n) is 1.13. The molecule has 0 saturated heterocycles. The van der Waals surface area contributed by atoms with Gasteiger partial charge in [-0.1, -0.05) is 0 Å². The molecule has 7 nitrogen and oxygen atoms in total. The van der Waals surface area contributed by atoms with Crippen LogP contribution >= 0.6 is 0 Å².